The minimum Gasteiger partial charge on any atom is -0.321 e. The van der Waals surface area contributed by atoms with Gasteiger partial charge >= 0.3 is 6.03 Å². The highest BCUT2D eigenvalue weighted by Crippen LogP contribution is 2.24. The Balaban J connectivity index is 1.35. The lowest BCUT2D eigenvalue weighted by Crippen LogP contribution is -2.48. The van der Waals surface area contributed by atoms with Gasteiger partial charge in [0.05, 0.1) is 0 Å². The summed E-state index contributed by atoms with van der Waals surface area (Å²) in [4.78, 5) is 17.2. The maximum absolute atomic E-state index is 12.7. The number of piperidine rings is 1. The fourth-order valence-electron chi connectivity index (χ4n) is 3.97. The number of urea groups is 1. The van der Waals surface area contributed by atoms with Gasteiger partial charge in [-0.05, 0) is 36.5 Å². The van der Waals surface area contributed by atoms with Crippen LogP contribution >= 0.6 is 0 Å². The summed E-state index contributed by atoms with van der Waals surface area (Å²) in [5.74, 6) is 0. The van der Waals surface area contributed by atoms with E-state index in [0.717, 1.165) is 51.1 Å². The van der Waals surface area contributed by atoms with E-state index < -0.39 is 0 Å². The topological polar surface area (TPSA) is 35.6 Å². The Labute approximate surface area is 149 Å². The van der Waals surface area contributed by atoms with Crippen molar-refractivity contribution in [3.63, 3.8) is 0 Å². The normalized spacial score (nSPS) is 19.2. The number of benzene rings is 2. The number of fused-ring (bicyclic) bond motifs is 1. The van der Waals surface area contributed by atoms with Crippen molar-refractivity contribution in [1.29, 1.82) is 0 Å². The second-order valence-electron chi connectivity index (χ2n) is 7.02. The lowest BCUT2D eigenvalue weighted by atomic mass is 10.0. The first-order valence-electron chi connectivity index (χ1n) is 9.21. The zero-order chi connectivity index (χ0) is 17.1. The van der Waals surface area contributed by atoms with Crippen LogP contribution in [-0.2, 0) is 13.0 Å². The highest BCUT2D eigenvalue weighted by atomic mass is 16.2. The van der Waals surface area contributed by atoms with E-state index >= 15 is 0 Å². The van der Waals surface area contributed by atoms with Crippen LogP contribution in [0, 0.1) is 0 Å². The quantitative estimate of drug-likeness (QED) is 0.927. The second kappa shape index (κ2) is 7.28. The molecule has 2 aliphatic heterocycles. The molecule has 0 radical (unpaired) electrons. The minimum atomic E-state index is 0.0615. The molecule has 0 aromatic heterocycles. The van der Waals surface area contributed by atoms with E-state index in [2.05, 4.69) is 51.5 Å². The summed E-state index contributed by atoms with van der Waals surface area (Å²) in [7, 11) is 0. The first-order chi connectivity index (χ1) is 12.3. The molecule has 2 aliphatic rings. The number of para-hydroxylation sites is 1. The molecule has 1 N–H and O–H groups in total. The molecule has 130 valence electrons. The average Bonchev–Trinajstić information content (AvgIpc) is 2.82. The van der Waals surface area contributed by atoms with E-state index in [1.54, 1.807) is 0 Å². The Hall–Kier alpha value is -2.33. The highest BCUT2D eigenvalue weighted by molar-refractivity contribution is 5.91. The van der Waals surface area contributed by atoms with Crippen LogP contribution in [0.2, 0.25) is 0 Å². The Morgan fingerprint density at radius 1 is 0.920 bits per heavy atom. The van der Waals surface area contributed by atoms with Gasteiger partial charge in [-0.1, -0.05) is 48.5 Å². The third kappa shape index (κ3) is 3.69. The number of rotatable bonds is 3. The van der Waals surface area contributed by atoms with Crippen LogP contribution < -0.4 is 5.32 Å². The number of carbonyl (C=O) groups excluding carboxylic acids is 1. The van der Waals surface area contributed by atoms with Gasteiger partial charge in [-0.25, -0.2) is 4.79 Å². The molecule has 1 fully saturated rings. The van der Waals surface area contributed by atoms with Gasteiger partial charge in [-0.15, -0.1) is 0 Å². The number of amides is 2. The van der Waals surface area contributed by atoms with Gasteiger partial charge in [-0.2, -0.15) is 0 Å². The number of likely N-dealkylation sites (tertiary alicyclic amines) is 1. The number of nitrogens with one attached hydrogen (secondary N) is 1. The molecule has 0 aliphatic carbocycles. The van der Waals surface area contributed by atoms with Crippen molar-refractivity contribution in [3.05, 3.63) is 65.7 Å². The van der Waals surface area contributed by atoms with Gasteiger partial charge in [0, 0.05) is 37.9 Å². The van der Waals surface area contributed by atoms with Crippen LogP contribution in [0.5, 0.6) is 0 Å². The second-order valence-corrected chi connectivity index (χ2v) is 7.02. The van der Waals surface area contributed by atoms with Crippen molar-refractivity contribution in [2.45, 2.75) is 31.8 Å². The molecular formula is C21H25N3O. The molecule has 2 amide bonds. The molecule has 2 aromatic carbocycles. The molecule has 0 unspecified atom stereocenters. The number of anilines is 1. The molecule has 25 heavy (non-hydrogen) atoms. The third-order valence-corrected chi connectivity index (χ3v) is 5.39. The minimum absolute atomic E-state index is 0.0615. The molecule has 0 saturated carbocycles. The molecule has 0 spiro atoms. The van der Waals surface area contributed by atoms with Crippen molar-refractivity contribution < 1.29 is 4.79 Å². The zero-order valence-corrected chi connectivity index (χ0v) is 14.5. The standard InChI is InChI=1S/C21H25N3O/c25-21-22-20-9-5-4-8-18(20)10-15-24(21)19-11-13-23(14-12-19)16-17-6-2-1-3-7-17/h1-9,19H,10-16H2,(H,22,25). The molecule has 2 heterocycles. The van der Waals surface area contributed by atoms with E-state index in [9.17, 15) is 4.79 Å². The predicted molar refractivity (Wildman–Crippen MR) is 101 cm³/mol. The van der Waals surface area contributed by atoms with Crippen molar-refractivity contribution >= 4 is 11.7 Å². The Bertz CT molecular complexity index is 723. The van der Waals surface area contributed by atoms with Gasteiger partial charge in [0.25, 0.3) is 0 Å². The number of nitrogens with zero attached hydrogens (tertiary/aromatic N) is 2. The van der Waals surface area contributed by atoms with Gasteiger partial charge in [0.15, 0.2) is 0 Å². The fraction of sp³-hybridized carbons (Fsp3) is 0.381. The highest BCUT2D eigenvalue weighted by Gasteiger charge is 2.29. The predicted octanol–water partition coefficient (Wildman–Crippen LogP) is 3.74. The maximum atomic E-state index is 12.7. The smallest absolute Gasteiger partial charge is 0.321 e. The van der Waals surface area contributed by atoms with Crippen LogP contribution in [0.15, 0.2) is 54.6 Å². The van der Waals surface area contributed by atoms with Crippen molar-refractivity contribution in [1.82, 2.24) is 9.80 Å². The molecule has 1 saturated heterocycles. The van der Waals surface area contributed by atoms with Crippen molar-refractivity contribution in [2.75, 3.05) is 25.0 Å². The number of carbonyl (C=O) groups is 1. The van der Waals surface area contributed by atoms with Gasteiger partial charge in [0.1, 0.15) is 0 Å². The zero-order valence-electron chi connectivity index (χ0n) is 14.5. The summed E-state index contributed by atoms with van der Waals surface area (Å²) < 4.78 is 0. The molecule has 4 nitrogen and oxygen atoms in total. The Morgan fingerprint density at radius 2 is 1.64 bits per heavy atom. The van der Waals surface area contributed by atoms with Crippen LogP contribution in [0.4, 0.5) is 10.5 Å². The summed E-state index contributed by atoms with van der Waals surface area (Å²) >= 11 is 0. The number of hydrogen-bond donors (Lipinski definition) is 1. The molecule has 2 aromatic rings. The first-order valence-corrected chi connectivity index (χ1v) is 9.21. The van der Waals surface area contributed by atoms with Crippen molar-refractivity contribution in [3.8, 4) is 0 Å². The summed E-state index contributed by atoms with van der Waals surface area (Å²) in [5, 5.41) is 3.09. The Morgan fingerprint density at radius 3 is 2.44 bits per heavy atom. The van der Waals surface area contributed by atoms with E-state index in [0.29, 0.717) is 6.04 Å². The van der Waals surface area contributed by atoms with Crippen LogP contribution in [0.25, 0.3) is 0 Å². The molecule has 0 bridgehead atoms. The first kappa shape index (κ1) is 16.2. The third-order valence-electron chi connectivity index (χ3n) is 5.39. The Kier molecular flexibility index (Phi) is 4.70. The van der Waals surface area contributed by atoms with E-state index in [1.807, 2.05) is 18.2 Å². The fourth-order valence-corrected chi connectivity index (χ4v) is 3.97. The largest absolute Gasteiger partial charge is 0.322 e. The lowest BCUT2D eigenvalue weighted by molar-refractivity contribution is 0.125. The monoisotopic (exact) mass is 335 g/mol. The van der Waals surface area contributed by atoms with E-state index in [4.69, 9.17) is 0 Å². The van der Waals surface area contributed by atoms with Gasteiger partial charge in [0.2, 0.25) is 0 Å². The molecular weight excluding hydrogens is 310 g/mol. The summed E-state index contributed by atoms with van der Waals surface area (Å²) in [6, 6.07) is 19.2. The van der Waals surface area contributed by atoms with Crippen molar-refractivity contribution in [2.24, 2.45) is 0 Å². The maximum Gasteiger partial charge on any atom is 0.322 e. The van der Waals surface area contributed by atoms with Crippen LogP contribution in [0.1, 0.15) is 24.0 Å². The average molecular weight is 335 g/mol. The summed E-state index contributed by atoms with van der Waals surface area (Å²) in [6.45, 7) is 3.92. The summed E-state index contributed by atoms with van der Waals surface area (Å²) in [5.41, 5.74) is 3.57. The van der Waals surface area contributed by atoms with Gasteiger partial charge in [-0.3, -0.25) is 4.90 Å². The van der Waals surface area contributed by atoms with E-state index in [1.165, 1.54) is 11.1 Å². The number of hydrogen-bond acceptors (Lipinski definition) is 2. The SMILES string of the molecule is O=C1Nc2ccccc2CCN1C1CCN(Cc2ccccc2)CC1. The molecule has 4 rings (SSSR count). The van der Waals surface area contributed by atoms with Gasteiger partial charge < -0.3 is 10.2 Å². The lowest BCUT2D eigenvalue weighted by Gasteiger charge is -2.38. The molecule has 4 heteroatoms. The van der Waals surface area contributed by atoms with Crippen LogP contribution in [-0.4, -0.2) is 41.5 Å². The van der Waals surface area contributed by atoms with E-state index in [-0.39, 0.29) is 6.03 Å². The summed E-state index contributed by atoms with van der Waals surface area (Å²) in [6.07, 6.45) is 3.03. The van der Waals surface area contributed by atoms with Crippen LogP contribution in [0.3, 0.4) is 0 Å². The molecule has 0 atom stereocenters.